The third-order valence-electron chi connectivity index (χ3n) is 9.40. The fraction of sp³-hybridized carbons (Fsp3) is 0.250. The highest BCUT2D eigenvalue weighted by atomic mass is 32.1. The van der Waals surface area contributed by atoms with Crippen molar-refractivity contribution in [3.05, 3.63) is 126 Å². The molecule has 0 radical (unpaired) electrons. The summed E-state index contributed by atoms with van der Waals surface area (Å²) in [5.74, 6) is 2.06. The molecule has 0 aliphatic carbocycles. The Bertz CT molecular complexity index is 2590. The number of carbonyl (C=O) groups excluding carboxylic acids is 2. The molecule has 0 bridgehead atoms. The van der Waals surface area contributed by atoms with E-state index in [0.717, 1.165) is 23.4 Å². The van der Waals surface area contributed by atoms with Crippen LogP contribution >= 0.6 is 24.4 Å². The summed E-state index contributed by atoms with van der Waals surface area (Å²) >= 11 is 11.0. The zero-order chi connectivity index (χ0) is 44.0. The van der Waals surface area contributed by atoms with Crippen molar-refractivity contribution in [3.63, 3.8) is 0 Å². The summed E-state index contributed by atoms with van der Waals surface area (Å²) in [4.78, 5) is 46.3. The first-order chi connectivity index (χ1) is 29.8. The molecule has 6 heterocycles. The summed E-state index contributed by atoms with van der Waals surface area (Å²) in [7, 11) is 5.15. The van der Waals surface area contributed by atoms with E-state index in [1.165, 1.54) is 29.5 Å². The van der Waals surface area contributed by atoms with Crippen LogP contribution in [0.2, 0.25) is 0 Å². The van der Waals surface area contributed by atoms with Crippen LogP contribution in [-0.2, 0) is 19.3 Å². The number of fused-ring (bicyclic) bond motifs is 2. The number of ether oxygens (including phenoxy) is 3. The summed E-state index contributed by atoms with van der Waals surface area (Å²) < 4.78 is 57.8. The molecule has 0 saturated heterocycles. The number of thiocarbonyl (C=S) groups is 2. The molecule has 0 fully saturated rings. The Morgan fingerprint density at radius 2 is 1.23 bits per heavy atom. The third kappa shape index (κ3) is 10.1. The predicted molar refractivity (Wildman–Crippen MR) is 227 cm³/mol. The molecule has 17 nitrogen and oxygen atoms in total. The van der Waals surface area contributed by atoms with Gasteiger partial charge in [-0.3, -0.25) is 9.59 Å². The number of rotatable bonds is 9. The second-order valence-electron chi connectivity index (χ2n) is 13.7. The molecule has 320 valence electrons. The third-order valence-corrected chi connectivity index (χ3v) is 10.5. The number of methoxy groups -OCH3 is 1. The Hall–Kier alpha value is -7.07. The van der Waals surface area contributed by atoms with Crippen molar-refractivity contribution >= 4 is 57.9 Å². The zero-order valence-electron chi connectivity index (χ0n) is 33.2. The highest BCUT2D eigenvalue weighted by molar-refractivity contribution is 7.81. The molecule has 2 amide bonds. The van der Waals surface area contributed by atoms with Crippen LogP contribution in [0.4, 0.5) is 24.8 Å². The highest BCUT2D eigenvalue weighted by Crippen LogP contribution is 2.30. The number of nitrogens with zero attached hydrogens (tertiary/aromatic N) is 10. The Kier molecular flexibility index (Phi) is 13.0. The fourth-order valence-electron chi connectivity index (χ4n) is 6.20. The minimum absolute atomic E-state index is 0.0586. The lowest BCUT2D eigenvalue weighted by Gasteiger charge is -2.22. The van der Waals surface area contributed by atoms with Crippen molar-refractivity contribution in [3.8, 4) is 17.2 Å². The quantitative estimate of drug-likeness (QED) is 0.195. The molecule has 22 heteroatoms. The zero-order valence-corrected chi connectivity index (χ0v) is 34.8. The number of carbonyl (C=O) groups is 2. The van der Waals surface area contributed by atoms with Gasteiger partial charge in [0, 0.05) is 26.5 Å². The first kappa shape index (κ1) is 43.0. The van der Waals surface area contributed by atoms with Crippen LogP contribution in [0.3, 0.4) is 0 Å². The van der Waals surface area contributed by atoms with E-state index < -0.39 is 35.6 Å². The molecule has 8 rings (SSSR count). The van der Waals surface area contributed by atoms with Gasteiger partial charge in [0.2, 0.25) is 11.6 Å². The maximum absolute atomic E-state index is 12.7. The van der Waals surface area contributed by atoms with Crippen LogP contribution in [0.5, 0.6) is 17.2 Å². The van der Waals surface area contributed by atoms with Crippen molar-refractivity contribution < 1.29 is 37.0 Å². The van der Waals surface area contributed by atoms with Crippen molar-refractivity contribution in [2.45, 2.75) is 31.3 Å². The topological polar surface area (TPSA) is 180 Å². The molecule has 2 aliphatic rings. The van der Waals surface area contributed by atoms with Gasteiger partial charge in [-0.05, 0) is 59.7 Å². The number of hydrogen-bond donors (Lipinski definition) is 2. The van der Waals surface area contributed by atoms with Gasteiger partial charge in [0.15, 0.2) is 23.1 Å². The smallest absolute Gasteiger partial charge is 0.416 e. The molecule has 2 unspecified atom stereocenters. The number of alkyl halides is 3. The molecule has 0 saturated carbocycles. The summed E-state index contributed by atoms with van der Waals surface area (Å²) in [5, 5.41) is 14.0. The summed E-state index contributed by atoms with van der Waals surface area (Å²) in [6.45, 7) is 0.928. The van der Waals surface area contributed by atoms with Gasteiger partial charge in [-0.25, -0.2) is 29.3 Å². The molecule has 62 heavy (non-hydrogen) atoms. The van der Waals surface area contributed by atoms with Crippen LogP contribution in [0.1, 0.15) is 37.9 Å². The second-order valence-corrected chi connectivity index (χ2v) is 14.5. The average Bonchev–Trinajstić information content (AvgIpc) is 3.91. The number of halogens is 3. The van der Waals surface area contributed by atoms with E-state index >= 15 is 0 Å². The summed E-state index contributed by atoms with van der Waals surface area (Å²) in [6.07, 6.45) is 1.74. The molecule has 6 aromatic rings. The maximum atomic E-state index is 12.7. The normalized spacial score (nSPS) is 16.0. The van der Waals surface area contributed by atoms with Crippen LogP contribution in [-0.4, -0.2) is 108 Å². The van der Waals surface area contributed by atoms with Crippen LogP contribution in [0, 0.1) is 0 Å². The minimum atomic E-state index is -4.40. The first-order valence-electron chi connectivity index (χ1n) is 18.7. The number of pyridine rings is 2. The largest absolute Gasteiger partial charge is 0.497 e. The SMILES string of the molecule is CN1C(=S)C(NC(=O)c2ncn(Cc3ccc(C(F)(F)F)cc3)n2)COc2cccnc21.COc1cccc(Cn2cnc(C(=O)NC3COc4cccnc4N(C)C3=S)n2)c1. The molecule has 4 aromatic heterocycles. The second kappa shape index (κ2) is 18.7. The average molecular weight is 887 g/mol. The molecular weight excluding hydrogens is 850 g/mol. The first-order valence-corrected chi connectivity index (χ1v) is 19.5. The number of amides is 2. The summed E-state index contributed by atoms with van der Waals surface area (Å²) in [6, 6.07) is 18.3. The van der Waals surface area contributed by atoms with E-state index in [9.17, 15) is 22.8 Å². The van der Waals surface area contributed by atoms with Crippen molar-refractivity contribution in [1.82, 2.24) is 50.1 Å². The Morgan fingerprint density at radius 3 is 1.71 bits per heavy atom. The molecule has 2 atom stereocenters. The highest BCUT2D eigenvalue weighted by Gasteiger charge is 2.32. The lowest BCUT2D eigenvalue weighted by atomic mass is 10.1. The number of likely N-dealkylation sites (N-methyl/N-ethyl adjacent to an activating group) is 2. The van der Waals surface area contributed by atoms with Crippen molar-refractivity contribution in [2.24, 2.45) is 0 Å². The molecule has 2 N–H and O–H groups in total. The number of nitrogens with one attached hydrogen (secondary N) is 2. The van der Waals surface area contributed by atoms with E-state index in [1.54, 1.807) is 66.3 Å². The molecule has 2 aromatic carbocycles. The van der Waals surface area contributed by atoms with Crippen LogP contribution in [0.15, 0.2) is 97.8 Å². The van der Waals surface area contributed by atoms with Gasteiger partial charge in [0.1, 0.15) is 53.7 Å². The molecular formula is C40H37F3N12O5S2. The van der Waals surface area contributed by atoms with E-state index in [-0.39, 0.29) is 31.4 Å². The Morgan fingerprint density at radius 1 is 0.726 bits per heavy atom. The molecule has 2 aliphatic heterocycles. The van der Waals surface area contributed by atoms with Gasteiger partial charge >= 0.3 is 6.18 Å². The van der Waals surface area contributed by atoms with E-state index in [2.05, 4.69) is 40.8 Å². The lowest BCUT2D eigenvalue weighted by molar-refractivity contribution is -0.137. The van der Waals surface area contributed by atoms with Gasteiger partial charge in [0.25, 0.3) is 11.8 Å². The molecule has 0 spiro atoms. The van der Waals surface area contributed by atoms with Crippen molar-refractivity contribution in [2.75, 3.05) is 44.2 Å². The van der Waals surface area contributed by atoms with Gasteiger partial charge in [-0.1, -0.05) is 48.7 Å². The van der Waals surface area contributed by atoms with E-state index in [0.29, 0.717) is 45.2 Å². The number of hydrogen-bond acceptors (Lipinski definition) is 13. The minimum Gasteiger partial charge on any atom is -0.497 e. The summed E-state index contributed by atoms with van der Waals surface area (Å²) in [5.41, 5.74) is 0.834. The predicted octanol–water partition coefficient (Wildman–Crippen LogP) is 4.38. The van der Waals surface area contributed by atoms with E-state index in [1.807, 2.05) is 30.3 Å². The van der Waals surface area contributed by atoms with E-state index in [4.69, 9.17) is 38.6 Å². The Labute approximate surface area is 362 Å². The van der Waals surface area contributed by atoms with Crippen LogP contribution in [0.25, 0.3) is 0 Å². The number of benzene rings is 2. The van der Waals surface area contributed by atoms with Gasteiger partial charge in [-0.2, -0.15) is 13.2 Å². The van der Waals surface area contributed by atoms with Gasteiger partial charge in [0.05, 0.1) is 25.8 Å². The number of anilines is 2. The number of aromatic nitrogens is 8. The monoisotopic (exact) mass is 886 g/mol. The van der Waals surface area contributed by atoms with Crippen LogP contribution < -0.4 is 34.6 Å². The lowest BCUT2D eigenvalue weighted by Crippen LogP contribution is -2.48. The van der Waals surface area contributed by atoms with Gasteiger partial charge < -0.3 is 34.6 Å². The van der Waals surface area contributed by atoms with Gasteiger partial charge in [-0.15, -0.1) is 10.2 Å². The fourth-order valence-corrected chi connectivity index (χ4v) is 6.63. The van der Waals surface area contributed by atoms with Crippen molar-refractivity contribution in [1.29, 1.82) is 0 Å². The Balaban J connectivity index is 0.000000187. The standard InChI is InChI=1S/C20H17F3N6O2S.C20H20N6O3S/c1-28-17-15(3-2-8-24-17)31-10-14(19(28)32)26-18(30)16-25-11-29(27-16)9-12-4-6-13(7-5-12)20(21,22)23;1-25-18-16(7-4-8-21-18)29-11-15(20(25)30)23-19(27)17-22-12-26(24-17)10-13-5-3-6-14(9-13)28-2/h2-8,11,14H,9-10H2,1H3,(H,26,30);3-9,12,15H,10-11H2,1-2H3,(H,23,27). The maximum Gasteiger partial charge on any atom is 0.416 e.